The number of carbonyl (C=O) groups excluding carboxylic acids is 1. The summed E-state index contributed by atoms with van der Waals surface area (Å²) in [5.74, 6) is 0.340. The molecule has 1 aliphatic heterocycles. The topological polar surface area (TPSA) is 103 Å². The third-order valence-corrected chi connectivity index (χ3v) is 4.51. The van der Waals surface area contributed by atoms with Crippen LogP contribution in [-0.2, 0) is 14.8 Å². The molecule has 104 valence electrons. The van der Waals surface area contributed by atoms with Crippen LogP contribution in [0.4, 0.5) is 5.82 Å². The average molecular weight is 350 g/mol. The standard InChI is InChI=1S/C10H12BrN3O4S/c1-18-8-2-6(11)4-13-10(8)14-5-7(3-9(14)15)19(12,16)17/h2,4,7H,3,5H2,1H3,(H2,12,16,17). The van der Waals surface area contributed by atoms with E-state index in [1.807, 2.05) is 0 Å². The normalized spacial score (nSPS) is 19.8. The van der Waals surface area contributed by atoms with Crippen LogP contribution in [0.15, 0.2) is 16.7 Å². The fourth-order valence-electron chi connectivity index (χ4n) is 1.87. The van der Waals surface area contributed by atoms with Gasteiger partial charge in [-0.3, -0.25) is 9.69 Å². The zero-order valence-electron chi connectivity index (χ0n) is 10.0. The first-order valence-corrected chi connectivity index (χ1v) is 7.74. The zero-order valence-corrected chi connectivity index (χ0v) is 12.4. The van der Waals surface area contributed by atoms with Gasteiger partial charge in [0.25, 0.3) is 0 Å². The van der Waals surface area contributed by atoms with E-state index in [0.717, 1.165) is 0 Å². The monoisotopic (exact) mass is 349 g/mol. The number of carbonyl (C=O) groups is 1. The van der Waals surface area contributed by atoms with Crippen LogP contribution in [0.1, 0.15) is 6.42 Å². The van der Waals surface area contributed by atoms with Gasteiger partial charge in [0.1, 0.15) is 5.25 Å². The molecule has 0 aliphatic carbocycles. The lowest BCUT2D eigenvalue weighted by Crippen LogP contribution is -2.32. The molecule has 7 nitrogen and oxygen atoms in total. The molecule has 2 N–H and O–H groups in total. The second-order valence-electron chi connectivity index (χ2n) is 4.10. The number of methoxy groups -OCH3 is 1. The lowest BCUT2D eigenvalue weighted by atomic mass is 10.4. The molecule has 1 saturated heterocycles. The first-order valence-electron chi connectivity index (χ1n) is 5.34. The Kier molecular flexibility index (Phi) is 3.79. The fourth-order valence-corrected chi connectivity index (χ4v) is 2.91. The maximum Gasteiger partial charge on any atom is 0.229 e. The molecule has 19 heavy (non-hydrogen) atoms. The summed E-state index contributed by atoms with van der Waals surface area (Å²) in [6.07, 6.45) is 1.37. The summed E-state index contributed by atoms with van der Waals surface area (Å²) in [6.45, 7) is -0.0113. The van der Waals surface area contributed by atoms with E-state index >= 15 is 0 Å². The minimum absolute atomic E-state index is 0.0113. The summed E-state index contributed by atoms with van der Waals surface area (Å²) in [5, 5.41) is 4.16. The molecule has 0 radical (unpaired) electrons. The molecule has 2 rings (SSSR count). The fraction of sp³-hybridized carbons (Fsp3) is 0.400. The molecule has 9 heteroatoms. The van der Waals surface area contributed by atoms with E-state index in [1.54, 1.807) is 6.07 Å². The number of amides is 1. The van der Waals surface area contributed by atoms with Gasteiger partial charge in [0.05, 0.1) is 7.11 Å². The molecule has 2 heterocycles. The minimum atomic E-state index is -3.74. The van der Waals surface area contributed by atoms with E-state index in [-0.39, 0.29) is 18.9 Å². The average Bonchev–Trinajstić information content (AvgIpc) is 2.71. The van der Waals surface area contributed by atoms with Crippen LogP contribution in [0.3, 0.4) is 0 Å². The van der Waals surface area contributed by atoms with Crippen molar-refractivity contribution in [2.75, 3.05) is 18.6 Å². The van der Waals surface area contributed by atoms with Crippen LogP contribution in [0, 0.1) is 0 Å². The molecule has 0 aromatic carbocycles. The van der Waals surface area contributed by atoms with E-state index in [9.17, 15) is 13.2 Å². The summed E-state index contributed by atoms with van der Waals surface area (Å²) in [4.78, 5) is 17.3. The molecule has 1 amide bonds. The highest BCUT2D eigenvalue weighted by Crippen LogP contribution is 2.32. The number of rotatable bonds is 3. The Morgan fingerprint density at radius 1 is 1.58 bits per heavy atom. The molecular weight excluding hydrogens is 338 g/mol. The smallest absolute Gasteiger partial charge is 0.229 e. The Morgan fingerprint density at radius 3 is 2.79 bits per heavy atom. The molecule has 1 aromatic heterocycles. The number of ether oxygens (including phenoxy) is 1. The van der Waals surface area contributed by atoms with Gasteiger partial charge in [0.2, 0.25) is 15.9 Å². The lowest BCUT2D eigenvalue weighted by molar-refractivity contribution is -0.117. The first kappa shape index (κ1) is 14.2. The number of nitrogens with two attached hydrogens (primary N) is 1. The van der Waals surface area contributed by atoms with E-state index in [2.05, 4.69) is 20.9 Å². The quantitative estimate of drug-likeness (QED) is 0.842. The third kappa shape index (κ3) is 2.88. The lowest BCUT2D eigenvalue weighted by Gasteiger charge is -2.18. The summed E-state index contributed by atoms with van der Waals surface area (Å²) < 4.78 is 28.4. The molecule has 0 bridgehead atoms. The van der Waals surface area contributed by atoms with Crippen molar-refractivity contribution < 1.29 is 17.9 Å². The number of nitrogens with zero attached hydrogens (tertiary/aromatic N) is 2. The Morgan fingerprint density at radius 2 is 2.26 bits per heavy atom. The summed E-state index contributed by atoms with van der Waals surface area (Å²) in [7, 11) is -2.30. The zero-order chi connectivity index (χ0) is 14.2. The number of hydrogen-bond acceptors (Lipinski definition) is 5. The van der Waals surface area contributed by atoms with Crippen molar-refractivity contribution in [3.63, 3.8) is 0 Å². The van der Waals surface area contributed by atoms with Crippen LogP contribution in [0.25, 0.3) is 0 Å². The van der Waals surface area contributed by atoms with Crippen LogP contribution in [0.5, 0.6) is 5.75 Å². The van der Waals surface area contributed by atoms with Gasteiger partial charge in [-0.1, -0.05) is 0 Å². The summed E-state index contributed by atoms with van der Waals surface area (Å²) in [6, 6.07) is 1.65. The molecule has 1 aliphatic rings. The van der Waals surface area contributed by atoms with Crippen molar-refractivity contribution in [1.82, 2.24) is 4.98 Å². The summed E-state index contributed by atoms with van der Waals surface area (Å²) >= 11 is 3.24. The van der Waals surface area contributed by atoms with Crippen molar-refractivity contribution in [2.24, 2.45) is 5.14 Å². The maximum absolute atomic E-state index is 11.9. The molecule has 1 fully saturated rings. The Hall–Kier alpha value is -1.19. The highest BCUT2D eigenvalue weighted by Gasteiger charge is 2.38. The molecule has 1 unspecified atom stereocenters. The van der Waals surface area contributed by atoms with E-state index in [4.69, 9.17) is 9.88 Å². The van der Waals surface area contributed by atoms with E-state index < -0.39 is 15.3 Å². The molecule has 0 spiro atoms. The van der Waals surface area contributed by atoms with Crippen molar-refractivity contribution in [1.29, 1.82) is 0 Å². The minimum Gasteiger partial charge on any atom is -0.493 e. The van der Waals surface area contributed by atoms with Gasteiger partial charge in [-0.05, 0) is 22.0 Å². The highest BCUT2D eigenvalue weighted by atomic mass is 79.9. The van der Waals surface area contributed by atoms with Crippen molar-refractivity contribution in [2.45, 2.75) is 11.7 Å². The van der Waals surface area contributed by atoms with Crippen LogP contribution in [-0.4, -0.2) is 38.2 Å². The van der Waals surface area contributed by atoms with Crippen LogP contribution in [0.2, 0.25) is 0 Å². The second-order valence-corrected chi connectivity index (χ2v) is 6.86. The number of sulfonamides is 1. The predicted octanol–water partition coefficient (Wildman–Crippen LogP) is 0.246. The van der Waals surface area contributed by atoms with Crippen molar-refractivity contribution in [3.05, 3.63) is 16.7 Å². The number of aromatic nitrogens is 1. The Balaban J connectivity index is 2.36. The maximum atomic E-state index is 11.9. The van der Waals surface area contributed by atoms with E-state index in [0.29, 0.717) is 16.0 Å². The van der Waals surface area contributed by atoms with Gasteiger partial charge in [-0.25, -0.2) is 18.5 Å². The van der Waals surface area contributed by atoms with Gasteiger partial charge < -0.3 is 4.74 Å². The molecule has 1 aromatic rings. The van der Waals surface area contributed by atoms with E-state index in [1.165, 1.54) is 18.2 Å². The number of halogens is 1. The van der Waals surface area contributed by atoms with Gasteiger partial charge in [0.15, 0.2) is 11.6 Å². The third-order valence-electron chi connectivity index (χ3n) is 2.83. The van der Waals surface area contributed by atoms with Gasteiger partial charge in [0, 0.05) is 23.6 Å². The Bertz CT molecular complexity index is 619. The highest BCUT2D eigenvalue weighted by molar-refractivity contribution is 9.10. The largest absolute Gasteiger partial charge is 0.493 e. The van der Waals surface area contributed by atoms with Crippen molar-refractivity contribution in [3.8, 4) is 5.75 Å². The van der Waals surface area contributed by atoms with Gasteiger partial charge in [-0.2, -0.15) is 0 Å². The first-order chi connectivity index (χ1) is 8.82. The number of hydrogen-bond donors (Lipinski definition) is 1. The SMILES string of the molecule is COc1cc(Br)cnc1N1CC(S(N)(=O)=O)CC1=O. The van der Waals surface area contributed by atoms with Gasteiger partial charge >= 0.3 is 0 Å². The second kappa shape index (κ2) is 5.06. The molecule has 1 atom stereocenters. The molecule has 0 saturated carbocycles. The van der Waals surface area contributed by atoms with Crippen LogP contribution < -0.4 is 14.8 Å². The summed E-state index contributed by atoms with van der Waals surface area (Å²) in [5.41, 5.74) is 0. The van der Waals surface area contributed by atoms with Crippen LogP contribution >= 0.6 is 15.9 Å². The molecular formula is C10H12BrN3O4S. The number of anilines is 1. The number of primary sulfonamides is 1. The number of pyridine rings is 1. The predicted molar refractivity (Wildman–Crippen MR) is 72.4 cm³/mol. The Labute approximate surface area is 118 Å². The van der Waals surface area contributed by atoms with Gasteiger partial charge in [-0.15, -0.1) is 0 Å². The van der Waals surface area contributed by atoms with Crippen molar-refractivity contribution >= 4 is 37.7 Å².